The van der Waals surface area contributed by atoms with Gasteiger partial charge in [-0.2, -0.15) is 0 Å². The standard InChI is InChI=1S/C9H15N3OS/c1-6(2)8(9(10)13)12-4-7-3-11-5-14-7/h3,5-6,8,12H,4H2,1-2H3,(H2,10,13). The molecule has 1 unspecified atom stereocenters. The average Bonchev–Trinajstić information content (AvgIpc) is 2.55. The molecule has 0 aliphatic carbocycles. The molecule has 0 fully saturated rings. The predicted octanol–water partition coefficient (Wildman–Crippen LogP) is 0.743. The van der Waals surface area contributed by atoms with Gasteiger partial charge in [-0.25, -0.2) is 0 Å². The van der Waals surface area contributed by atoms with Crippen molar-refractivity contribution in [2.24, 2.45) is 11.7 Å². The first-order valence-corrected chi connectivity index (χ1v) is 5.39. The molecule has 3 N–H and O–H groups in total. The number of aromatic nitrogens is 1. The van der Waals surface area contributed by atoms with Crippen molar-refractivity contribution >= 4 is 17.2 Å². The number of nitrogens with zero attached hydrogens (tertiary/aromatic N) is 1. The van der Waals surface area contributed by atoms with Crippen molar-refractivity contribution in [3.8, 4) is 0 Å². The highest BCUT2D eigenvalue weighted by Gasteiger charge is 2.18. The Hall–Kier alpha value is -0.940. The molecule has 0 bridgehead atoms. The third-order valence-corrected chi connectivity index (χ3v) is 2.73. The third-order valence-electron chi connectivity index (χ3n) is 1.95. The van der Waals surface area contributed by atoms with Gasteiger partial charge in [0.05, 0.1) is 11.6 Å². The minimum absolute atomic E-state index is 0.209. The Balaban J connectivity index is 2.45. The lowest BCUT2D eigenvalue weighted by atomic mass is 10.0. The van der Waals surface area contributed by atoms with Gasteiger partial charge in [0.25, 0.3) is 0 Å². The molecular weight excluding hydrogens is 198 g/mol. The maximum Gasteiger partial charge on any atom is 0.234 e. The van der Waals surface area contributed by atoms with Gasteiger partial charge in [0.15, 0.2) is 0 Å². The van der Waals surface area contributed by atoms with Crippen molar-refractivity contribution in [2.45, 2.75) is 26.4 Å². The van der Waals surface area contributed by atoms with E-state index in [1.54, 1.807) is 23.0 Å². The zero-order chi connectivity index (χ0) is 10.6. The smallest absolute Gasteiger partial charge is 0.234 e. The van der Waals surface area contributed by atoms with Gasteiger partial charge in [-0.1, -0.05) is 13.8 Å². The van der Waals surface area contributed by atoms with Gasteiger partial charge in [0.1, 0.15) is 0 Å². The van der Waals surface area contributed by atoms with Crippen molar-refractivity contribution in [1.29, 1.82) is 0 Å². The van der Waals surface area contributed by atoms with Crippen molar-refractivity contribution in [1.82, 2.24) is 10.3 Å². The van der Waals surface area contributed by atoms with Gasteiger partial charge in [0, 0.05) is 17.6 Å². The Kier molecular flexibility index (Phi) is 4.03. The number of primary amides is 1. The Morgan fingerprint density at radius 2 is 2.43 bits per heavy atom. The van der Waals surface area contributed by atoms with E-state index in [1.165, 1.54) is 0 Å². The van der Waals surface area contributed by atoms with E-state index in [2.05, 4.69) is 10.3 Å². The zero-order valence-electron chi connectivity index (χ0n) is 8.36. The lowest BCUT2D eigenvalue weighted by Crippen LogP contribution is -2.44. The summed E-state index contributed by atoms with van der Waals surface area (Å²) in [6.07, 6.45) is 1.79. The lowest BCUT2D eigenvalue weighted by Gasteiger charge is -2.18. The molecule has 0 aliphatic heterocycles. The van der Waals surface area contributed by atoms with E-state index in [0.29, 0.717) is 6.54 Å². The molecule has 0 aliphatic rings. The maximum atomic E-state index is 11.0. The third kappa shape index (κ3) is 3.08. The van der Waals surface area contributed by atoms with Gasteiger partial charge in [-0.3, -0.25) is 9.78 Å². The summed E-state index contributed by atoms with van der Waals surface area (Å²) in [6, 6.07) is -0.267. The number of nitrogens with one attached hydrogen (secondary N) is 1. The topological polar surface area (TPSA) is 68.0 Å². The van der Waals surface area contributed by atoms with Crippen LogP contribution in [0.3, 0.4) is 0 Å². The van der Waals surface area contributed by atoms with E-state index in [0.717, 1.165) is 4.88 Å². The van der Waals surface area contributed by atoms with Crippen LogP contribution in [0.25, 0.3) is 0 Å². The summed E-state index contributed by atoms with van der Waals surface area (Å²) in [7, 11) is 0. The van der Waals surface area contributed by atoms with Crippen LogP contribution >= 0.6 is 11.3 Å². The minimum Gasteiger partial charge on any atom is -0.368 e. The molecule has 1 heterocycles. The van der Waals surface area contributed by atoms with Crippen LogP contribution < -0.4 is 11.1 Å². The predicted molar refractivity (Wildman–Crippen MR) is 56.8 cm³/mol. The number of carbonyl (C=O) groups is 1. The van der Waals surface area contributed by atoms with Crippen LogP contribution in [-0.2, 0) is 11.3 Å². The van der Waals surface area contributed by atoms with Crippen molar-refractivity contribution in [3.05, 3.63) is 16.6 Å². The van der Waals surface area contributed by atoms with E-state index < -0.39 is 0 Å². The van der Waals surface area contributed by atoms with Crippen molar-refractivity contribution in [3.63, 3.8) is 0 Å². The summed E-state index contributed by atoms with van der Waals surface area (Å²) in [5, 5.41) is 3.12. The molecule has 14 heavy (non-hydrogen) atoms. The van der Waals surface area contributed by atoms with Crippen molar-refractivity contribution < 1.29 is 4.79 Å². The molecule has 4 nitrogen and oxygen atoms in total. The van der Waals surface area contributed by atoms with Crippen LogP contribution in [0.4, 0.5) is 0 Å². The number of thiazole rings is 1. The first kappa shape index (κ1) is 11.1. The second-order valence-corrected chi connectivity index (χ2v) is 4.44. The highest BCUT2D eigenvalue weighted by atomic mass is 32.1. The van der Waals surface area contributed by atoms with Crippen LogP contribution in [-0.4, -0.2) is 16.9 Å². The number of nitrogens with two attached hydrogens (primary N) is 1. The summed E-state index contributed by atoms with van der Waals surface area (Å²) in [5.41, 5.74) is 7.03. The largest absolute Gasteiger partial charge is 0.368 e. The molecule has 0 aromatic carbocycles. The van der Waals surface area contributed by atoms with E-state index in [-0.39, 0.29) is 17.9 Å². The molecule has 1 atom stereocenters. The molecule has 1 aromatic rings. The summed E-state index contributed by atoms with van der Waals surface area (Å²) in [4.78, 5) is 16.1. The Labute approximate surface area is 87.5 Å². The fourth-order valence-corrected chi connectivity index (χ4v) is 1.75. The second-order valence-electron chi connectivity index (χ2n) is 3.47. The van der Waals surface area contributed by atoms with Crippen LogP contribution in [0.15, 0.2) is 11.7 Å². The first-order chi connectivity index (χ1) is 6.61. The van der Waals surface area contributed by atoms with E-state index in [1.807, 2.05) is 13.8 Å². The zero-order valence-corrected chi connectivity index (χ0v) is 9.17. The number of hydrogen-bond acceptors (Lipinski definition) is 4. The molecule has 0 radical (unpaired) electrons. The highest BCUT2D eigenvalue weighted by molar-refractivity contribution is 7.09. The fourth-order valence-electron chi connectivity index (χ4n) is 1.20. The van der Waals surface area contributed by atoms with Crippen LogP contribution in [0.2, 0.25) is 0 Å². The molecule has 1 amide bonds. The number of hydrogen-bond donors (Lipinski definition) is 2. The highest BCUT2D eigenvalue weighted by Crippen LogP contribution is 2.07. The Morgan fingerprint density at radius 3 is 2.86 bits per heavy atom. The van der Waals surface area contributed by atoms with Crippen LogP contribution in [0, 0.1) is 5.92 Å². The van der Waals surface area contributed by atoms with E-state index >= 15 is 0 Å². The molecule has 1 aromatic heterocycles. The van der Waals surface area contributed by atoms with Gasteiger partial charge in [0.2, 0.25) is 5.91 Å². The summed E-state index contributed by atoms with van der Waals surface area (Å²) < 4.78 is 0. The summed E-state index contributed by atoms with van der Waals surface area (Å²) in [6.45, 7) is 4.58. The number of rotatable bonds is 5. The van der Waals surface area contributed by atoms with Crippen LogP contribution in [0.5, 0.6) is 0 Å². The van der Waals surface area contributed by atoms with Crippen molar-refractivity contribution in [2.75, 3.05) is 0 Å². The SMILES string of the molecule is CC(C)C(NCc1cncs1)C(N)=O. The van der Waals surface area contributed by atoms with Gasteiger partial charge in [-0.15, -0.1) is 11.3 Å². The molecule has 1 rings (SSSR count). The Morgan fingerprint density at radius 1 is 1.71 bits per heavy atom. The van der Waals surface area contributed by atoms with E-state index in [4.69, 9.17) is 5.73 Å². The molecule has 0 saturated heterocycles. The van der Waals surface area contributed by atoms with Gasteiger partial charge in [-0.05, 0) is 5.92 Å². The molecular formula is C9H15N3OS. The maximum absolute atomic E-state index is 11.0. The normalized spacial score (nSPS) is 13.1. The van der Waals surface area contributed by atoms with Gasteiger partial charge < -0.3 is 11.1 Å². The monoisotopic (exact) mass is 213 g/mol. The molecule has 0 spiro atoms. The number of carbonyl (C=O) groups excluding carboxylic acids is 1. The minimum atomic E-state index is -0.301. The number of amides is 1. The second kappa shape index (κ2) is 5.07. The average molecular weight is 213 g/mol. The summed E-state index contributed by atoms with van der Waals surface area (Å²) in [5.74, 6) is -0.0927. The molecule has 5 heteroatoms. The van der Waals surface area contributed by atoms with E-state index in [9.17, 15) is 4.79 Å². The molecule has 0 saturated carbocycles. The quantitative estimate of drug-likeness (QED) is 0.758. The molecule has 78 valence electrons. The van der Waals surface area contributed by atoms with Crippen LogP contribution in [0.1, 0.15) is 18.7 Å². The first-order valence-electron chi connectivity index (χ1n) is 4.51. The lowest BCUT2D eigenvalue weighted by molar-refractivity contribution is -0.121. The Bertz CT molecular complexity index is 284. The fraction of sp³-hybridized carbons (Fsp3) is 0.556. The van der Waals surface area contributed by atoms with Gasteiger partial charge >= 0.3 is 0 Å². The summed E-state index contributed by atoms with van der Waals surface area (Å²) >= 11 is 1.56.